The normalized spacial score (nSPS) is 20.7. The first kappa shape index (κ1) is 22.0. The molecule has 168 valence electrons. The summed E-state index contributed by atoms with van der Waals surface area (Å²) >= 11 is 0. The van der Waals surface area contributed by atoms with Crippen LogP contribution in [0, 0.1) is 15.9 Å². The van der Waals surface area contributed by atoms with Crippen LogP contribution >= 0.6 is 0 Å². The van der Waals surface area contributed by atoms with Gasteiger partial charge in [0.25, 0.3) is 11.6 Å². The summed E-state index contributed by atoms with van der Waals surface area (Å²) in [5, 5.41) is 10.8. The number of non-ortho nitro benzene ring substituents is 1. The SMILES string of the molecule is O=C1C[C@H](N2CCN(S(=O)(=O)c3ccc([N+](=O)[O-])cc3)CC2)C(=O)N1c1ccccc1F. The van der Waals surface area contributed by atoms with Crippen molar-refractivity contribution in [2.75, 3.05) is 31.1 Å². The predicted octanol–water partition coefficient (Wildman–Crippen LogP) is 1.37. The van der Waals surface area contributed by atoms with Crippen molar-refractivity contribution in [2.45, 2.75) is 17.4 Å². The molecule has 2 aromatic rings. The number of hydrogen-bond donors (Lipinski definition) is 0. The topological polar surface area (TPSA) is 121 Å². The van der Waals surface area contributed by atoms with Crippen molar-refractivity contribution in [3.05, 3.63) is 64.5 Å². The van der Waals surface area contributed by atoms with E-state index in [2.05, 4.69) is 0 Å². The summed E-state index contributed by atoms with van der Waals surface area (Å²) in [6, 6.07) is 9.38. The monoisotopic (exact) mass is 462 g/mol. The maximum Gasteiger partial charge on any atom is 0.269 e. The number of carbonyl (C=O) groups excluding carboxylic acids is 2. The molecule has 0 aliphatic carbocycles. The molecule has 2 amide bonds. The van der Waals surface area contributed by atoms with Gasteiger partial charge in [-0.25, -0.2) is 17.7 Å². The van der Waals surface area contributed by atoms with E-state index in [-0.39, 0.29) is 48.9 Å². The first-order valence-corrected chi connectivity index (χ1v) is 11.2. The Labute approximate surface area is 183 Å². The second kappa shape index (κ2) is 8.37. The first-order chi connectivity index (χ1) is 15.2. The zero-order valence-corrected chi connectivity index (χ0v) is 17.6. The maximum absolute atomic E-state index is 14.1. The summed E-state index contributed by atoms with van der Waals surface area (Å²) in [5.74, 6) is -1.72. The second-order valence-electron chi connectivity index (χ2n) is 7.43. The van der Waals surface area contributed by atoms with Crippen LogP contribution in [-0.4, -0.2) is 66.6 Å². The third kappa shape index (κ3) is 3.87. The average molecular weight is 462 g/mol. The number of sulfonamides is 1. The molecule has 10 nitrogen and oxygen atoms in total. The van der Waals surface area contributed by atoms with Crippen LogP contribution in [0.5, 0.6) is 0 Å². The van der Waals surface area contributed by atoms with E-state index in [1.165, 1.54) is 40.7 Å². The molecule has 2 fully saturated rings. The van der Waals surface area contributed by atoms with Gasteiger partial charge >= 0.3 is 0 Å². The molecule has 2 aliphatic rings. The number of para-hydroxylation sites is 1. The van der Waals surface area contributed by atoms with Crippen LogP contribution in [0.1, 0.15) is 6.42 Å². The Morgan fingerprint density at radius 1 is 0.969 bits per heavy atom. The summed E-state index contributed by atoms with van der Waals surface area (Å²) in [6.45, 7) is 0.579. The Hall–Kier alpha value is -3.22. The minimum atomic E-state index is -3.86. The number of halogens is 1. The van der Waals surface area contributed by atoms with Crippen LogP contribution in [-0.2, 0) is 19.6 Å². The van der Waals surface area contributed by atoms with Gasteiger partial charge in [0.15, 0.2) is 0 Å². The Morgan fingerprint density at radius 2 is 1.59 bits per heavy atom. The number of anilines is 1. The van der Waals surface area contributed by atoms with Crippen LogP contribution in [0.2, 0.25) is 0 Å². The van der Waals surface area contributed by atoms with Crippen molar-refractivity contribution in [2.24, 2.45) is 0 Å². The highest BCUT2D eigenvalue weighted by Crippen LogP contribution is 2.29. The number of nitro benzene ring substituents is 1. The molecular formula is C20H19FN4O6S. The molecule has 1 atom stereocenters. The van der Waals surface area contributed by atoms with Crippen molar-refractivity contribution in [3.63, 3.8) is 0 Å². The number of piperazine rings is 1. The minimum Gasteiger partial charge on any atom is -0.289 e. The number of nitrogens with zero attached hydrogens (tertiary/aromatic N) is 4. The number of carbonyl (C=O) groups is 2. The van der Waals surface area contributed by atoms with Crippen molar-refractivity contribution < 1.29 is 27.3 Å². The van der Waals surface area contributed by atoms with Gasteiger partial charge in [0.05, 0.1) is 28.0 Å². The Morgan fingerprint density at radius 3 is 2.19 bits per heavy atom. The molecule has 2 aromatic carbocycles. The van der Waals surface area contributed by atoms with Gasteiger partial charge in [0, 0.05) is 38.3 Å². The fourth-order valence-corrected chi connectivity index (χ4v) is 5.35. The molecular weight excluding hydrogens is 443 g/mol. The number of imide groups is 1. The van der Waals surface area contributed by atoms with E-state index in [1.54, 1.807) is 4.90 Å². The van der Waals surface area contributed by atoms with E-state index < -0.39 is 38.6 Å². The molecule has 0 aromatic heterocycles. The number of rotatable bonds is 5. The lowest BCUT2D eigenvalue weighted by Crippen LogP contribution is -2.53. The largest absolute Gasteiger partial charge is 0.289 e. The van der Waals surface area contributed by atoms with Gasteiger partial charge in [0.2, 0.25) is 15.9 Å². The minimum absolute atomic E-state index is 0.0607. The molecule has 0 spiro atoms. The molecule has 0 unspecified atom stereocenters. The molecule has 0 radical (unpaired) electrons. The summed E-state index contributed by atoms with van der Waals surface area (Å²) in [5.41, 5.74) is -0.304. The van der Waals surface area contributed by atoms with Gasteiger partial charge in [-0.15, -0.1) is 0 Å². The highest BCUT2D eigenvalue weighted by atomic mass is 32.2. The Balaban J connectivity index is 1.44. The number of amides is 2. The number of hydrogen-bond acceptors (Lipinski definition) is 7. The van der Waals surface area contributed by atoms with Gasteiger partial charge in [-0.1, -0.05) is 12.1 Å². The van der Waals surface area contributed by atoms with E-state index in [0.29, 0.717) is 0 Å². The lowest BCUT2D eigenvalue weighted by Gasteiger charge is -2.36. The lowest BCUT2D eigenvalue weighted by atomic mass is 10.2. The van der Waals surface area contributed by atoms with Crippen molar-refractivity contribution in [1.82, 2.24) is 9.21 Å². The smallest absolute Gasteiger partial charge is 0.269 e. The quantitative estimate of drug-likeness (QED) is 0.374. The third-order valence-corrected chi connectivity index (χ3v) is 7.53. The summed E-state index contributed by atoms with van der Waals surface area (Å²) in [4.78, 5) is 38.0. The zero-order chi connectivity index (χ0) is 23.0. The van der Waals surface area contributed by atoms with Gasteiger partial charge < -0.3 is 0 Å². The third-order valence-electron chi connectivity index (χ3n) is 5.62. The zero-order valence-electron chi connectivity index (χ0n) is 16.8. The van der Waals surface area contributed by atoms with E-state index >= 15 is 0 Å². The molecule has 0 saturated carbocycles. The Bertz CT molecular complexity index is 1180. The van der Waals surface area contributed by atoms with Crippen molar-refractivity contribution in [1.29, 1.82) is 0 Å². The summed E-state index contributed by atoms with van der Waals surface area (Å²) in [6.07, 6.45) is -0.109. The average Bonchev–Trinajstić information content (AvgIpc) is 3.08. The molecule has 2 aliphatic heterocycles. The van der Waals surface area contributed by atoms with Crippen LogP contribution in [0.3, 0.4) is 0 Å². The fourth-order valence-electron chi connectivity index (χ4n) is 3.93. The highest BCUT2D eigenvalue weighted by molar-refractivity contribution is 7.89. The standard InChI is InChI=1S/C20H19FN4O6S/c21-16-3-1-2-4-17(16)24-19(26)13-18(20(24)27)22-9-11-23(12-10-22)32(30,31)15-7-5-14(6-8-15)25(28)29/h1-8,18H,9-13H2/t18-/m0/s1. The van der Waals surface area contributed by atoms with Crippen LogP contribution in [0.15, 0.2) is 53.4 Å². The highest BCUT2D eigenvalue weighted by Gasteiger charge is 2.44. The van der Waals surface area contributed by atoms with E-state index in [1.807, 2.05) is 0 Å². The van der Waals surface area contributed by atoms with Crippen LogP contribution in [0.4, 0.5) is 15.8 Å². The first-order valence-electron chi connectivity index (χ1n) is 9.80. The maximum atomic E-state index is 14.1. The van der Waals surface area contributed by atoms with E-state index in [4.69, 9.17) is 0 Å². The van der Waals surface area contributed by atoms with Crippen molar-refractivity contribution >= 4 is 33.2 Å². The van der Waals surface area contributed by atoms with Crippen LogP contribution in [0.25, 0.3) is 0 Å². The predicted molar refractivity (Wildman–Crippen MR) is 111 cm³/mol. The van der Waals surface area contributed by atoms with E-state index in [0.717, 1.165) is 17.0 Å². The molecule has 4 rings (SSSR count). The molecule has 0 bridgehead atoms. The van der Waals surface area contributed by atoms with Gasteiger partial charge in [0.1, 0.15) is 5.82 Å². The second-order valence-corrected chi connectivity index (χ2v) is 9.37. The van der Waals surface area contributed by atoms with Gasteiger partial charge in [-0.3, -0.25) is 24.6 Å². The molecule has 0 N–H and O–H groups in total. The van der Waals surface area contributed by atoms with Crippen molar-refractivity contribution in [3.8, 4) is 0 Å². The Kier molecular flexibility index (Phi) is 5.75. The fraction of sp³-hybridized carbons (Fsp3) is 0.300. The summed E-state index contributed by atoms with van der Waals surface area (Å²) in [7, 11) is -3.86. The van der Waals surface area contributed by atoms with Gasteiger partial charge in [-0.05, 0) is 24.3 Å². The van der Waals surface area contributed by atoms with E-state index in [9.17, 15) is 32.5 Å². The molecule has 32 heavy (non-hydrogen) atoms. The number of nitro groups is 1. The summed E-state index contributed by atoms with van der Waals surface area (Å²) < 4.78 is 41.0. The van der Waals surface area contributed by atoms with Crippen LogP contribution < -0.4 is 4.90 Å². The lowest BCUT2D eigenvalue weighted by molar-refractivity contribution is -0.384. The number of benzene rings is 2. The van der Waals surface area contributed by atoms with Gasteiger partial charge in [-0.2, -0.15) is 4.31 Å². The molecule has 12 heteroatoms. The molecule has 2 saturated heterocycles. The molecule has 2 heterocycles.